The highest BCUT2D eigenvalue weighted by Gasteiger charge is 2.36. The molecule has 440 valence electrons. The topological polar surface area (TPSA) is 203 Å². The maximum Gasteiger partial charge on any atom is 0.410 e. The molecule has 0 aromatic carbocycles. The van der Waals surface area contributed by atoms with Crippen LogP contribution in [0.15, 0.2) is 24.5 Å². The molecule has 0 unspecified atom stereocenters. The second kappa shape index (κ2) is 45.0. The standard InChI is InChI=1S/C60H101N3O14/c1-6-10-14-18-22-26-30-54(64)72-45-49(46-73-55(65)31-27-23-19-15-11-7-2)40-58(68)76-52-42-53(44-63(43-52)60(70)71-39-38-62(5)51-34-36-61-37-35-51)77-59(69)41-50(47-74-56(66)32-28-24-20-16-12-8-3)48-75-57(67)33-29-25-21-17-13-9-4/h34-37,49-50,52-53H,6-33,38-48H2,1-5H3/t52-,53-/m1/s1. The van der Waals surface area contributed by atoms with E-state index in [4.69, 9.17) is 33.2 Å². The summed E-state index contributed by atoms with van der Waals surface area (Å²) in [7, 11) is 1.86. The van der Waals surface area contributed by atoms with Crippen LogP contribution in [0.25, 0.3) is 0 Å². The van der Waals surface area contributed by atoms with Crippen molar-refractivity contribution in [2.24, 2.45) is 11.8 Å². The van der Waals surface area contributed by atoms with Crippen LogP contribution in [-0.4, -0.2) is 124 Å². The highest BCUT2D eigenvalue weighted by molar-refractivity contribution is 5.73. The predicted octanol–water partition coefficient (Wildman–Crippen LogP) is 12.4. The minimum Gasteiger partial charge on any atom is -0.465 e. The number of carbonyl (C=O) groups excluding carboxylic acids is 7. The van der Waals surface area contributed by atoms with Crippen LogP contribution in [0.5, 0.6) is 0 Å². The third-order valence-electron chi connectivity index (χ3n) is 13.8. The lowest BCUT2D eigenvalue weighted by Crippen LogP contribution is -2.51. The highest BCUT2D eigenvalue weighted by atomic mass is 16.6. The molecule has 2 rings (SSSR count). The van der Waals surface area contributed by atoms with Gasteiger partial charge in [-0.25, -0.2) is 4.79 Å². The molecule has 0 N–H and O–H groups in total. The van der Waals surface area contributed by atoms with Crippen molar-refractivity contribution < 1.29 is 66.7 Å². The number of likely N-dealkylation sites (tertiary alicyclic amines) is 1. The average molecular weight is 1090 g/mol. The lowest BCUT2D eigenvalue weighted by Gasteiger charge is -2.36. The predicted molar refractivity (Wildman–Crippen MR) is 297 cm³/mol. The zero-order chi connectivity index (χ0) is 56.1. The highest BCUT2D eigenvalue weighted by Crippen LogP contribution is 2.22. The van der Waals surface area contributed by atoms with Crippen molar-refractivity contribution in [2.45, 2.75) is 239 Å². The number of carbonyl (C=O) groups is 7. The summed E-state index contributed by atoms with van der Waals surface area (Å²) in [6, 6.07) is 3.67. The Labute approximate surface area is 462 Å². The Morgan fingerprint density at radius 3 is 1.14 bits per heavy atom. The van der Waals surface area contributed by atoms with Crippen LogP contribution in [0.4, 0.5) is 10.5 Å². The molecule has 1 aromatic heterocycles. The maximum absolute atomic E-state index is 13.8. The Bertz CT molecular complexity index is 1590. The van der Waals surface area contributed by atoms with Crippen LogP contribution < -0.4 is 4.90 Å². The van der Waals surface area contributed by atoms with Gasteiger partial charge in [-0.15, -0.1) is 0 Å². The van der Waals surface area contributed by atoms with Gasteiger partial charge in [0.25, 0.3) is 0 Å². The van der Waals surface area contributed by atoms with E-state index >= 15 is 0 Å². The first-order valence-corrected chi connectivity index (χ1v) is 29.9. The fourth-order valence-electron chi connectivity index (χ4n) is 9.02. The number of likely N-dealkylation sites (N-methyl/N-ethyl adjacent to an activating group) is 1. The molecule has 0 saturated carbocycles. The van der Waals surface area contributed by atoms with Crippen LogP contribution in [0.2, 0.25) is 0 Å². The number of rotatable bonds is 46. The molecule has 1 aromatic rings. The van der Waals surface area contributed by atoms with Gasteiger partial charge in [0.15, 0.2) is 0 Å². The quantitative estimate of drug-likeness (QED) is 0.0338. The zero-order valence-corrected chi connectivity index (χ0v) is 48.3. The van der Waals surface area contributed by atoms with Crippen LogP contribution in [0.3, 0.4) is 0 Å². The van der Waals surface area contributed by atoms with Gasteiger partial charge in [0.1, 0.15) is 18.8 Å². The Morgan fingerprint density at radius 1 is 0.481 bits per heavy atom. The van der Waals surface area contributed by atoms with Crippen molar-refractivity contribution in [3.63, 3.8) is 0 Å². The molecule has 1 amide bonds. The molecule has 2 heterocycles. The van der Waals surface area contributed by atoms with E-state index in [0.29, 0.717) is 32.2 Å². The number of hydrogen-bond donors (Lipinski definition) is 0. The van der Waals surface area contributed by atoms with E-state index in [-0.39, 0.29) is 91.1 Å². The minimum atomic E-state index is -0.936. The van der Waals surface area contributed by atoms with Gasteiger partial charge in [0.05, 0.1) is 58.9 Å². The lowest BCUT2D eigenvalue weighted by atomic mass is 10.0. The number of nitrogens with zero attached hydrogens (tertiary/aromatic N) is 3. The molecular formula is C60H101N3O14. The molecule has 0 aliphatic carbocycles. The zero-order valence-electron chi connectivity index (χ0n) is 48.3. The molecule has 0 spiro atoms. The van der Waals surface area contributed by atoms with E-state index in [2.05, 4.69) is 32.7 Å². The van der Waals surface area contributed by atoms with Crippen molar-refractivity contribution in [1.29, 1.82) is 0 Å². The van der Waals surface area contributed by atoms with Crippen LogP contribution in [0, 0.1) is 11.8 Å². The fraction of sp³-hybridized carbons (Fsp3) is 0.800. The van der Waals surface area contributed by atoms with Crippen molar-refractivity contribution in [3.8, 4) is 0 Å². The molecule has 0 bridgehead atoms. The molecule has 1 aliphatic heterocycles. The number of anilines is 1. The fourth-order valence-corrected chi connectivity index (χ4v) is 9.02. The van der Waals surface area contributed by atoms with Gasteiger partial charge < -0.3 is 43.0 Å². The summed E-state index contributed by atoms with van der Waals surface area (Å²) in [6.45, 7) is 8.24. The van der Waals surface area contributed by atoms with Gasteiger partial charge in [0, 0.05) is 69.1 Å². The molecule has 1 saturated heterocycles. The normalized spacial score (nSPS) is 14.2. The van der Waals surface area contributed by atoms with Gasteiger partial charge in [0.2, 0.25) is 0 Å². The Balaban J connectivity index is 2.21. The van der Waals surface area contributed by atoms with E-state index in [1.807, 2.05) is 24.1 Å². The number of piperidine rings is 1. The third kappa shape index (κ3) is 36.0. The Kier molecular flexibility index (Phi) is 39.8. The second-order valence-electron chi connectivity index (χ2n) is 21.0. The minimum absolute atomic E-state index is 0.0245. The van der Waals surface area contributed by atoms with Gasteiger partial charge in [-0.05, 0) is 37.8 Å². The van der Waals surface area contributed by atoms with E-state index in [0.717, 1.165) is 134 Å². The SMILES string of the molecule is CCCCCCCCC(=O)OCC(COC(=O)CCCCCCCC)CC(=O)O[C@@H]1C[C@@H](OC(=O)CC(COC(=O)CCCCCCCC)COC(=O)CCCCCCCC)CN(C(=O)OCCN(C)c2ccncc2)C1. The van der Waals surface area contributed by atoms with Crippen molar-refractivity contribution in [2.75, 3.05) is 64.6 Å². The average Bonchev–Trinajstić information content (AvgIpc) is 3.41. The summed E-state index contributed by atoms with van der Waals surface area (Å²) in [5.74, 6) is -4.32. The van der Waals surface area contributed by atoms with Crippen molar-refractivity contribution in [1.82, 2.24) is 9.88 Å². The number of hydrogen-bond acceptors (Lipinski definition) is 16. The molecule has 2 atom stereocenters. The monoisotopic (exact) mass is 1090 g/mol. The first-order chi connectivity index (χ1) is 37.4. The van der Waals surface area contributed by atoms with Gasteiger partial charge in [-0.2, -0.15) is 0 Å². The largest absolute Gasteiger partial charge is 0.465 e. The van der Waals surface area contributed by atoms with Crippen LogP contribution in [0.1, 0.15) is 227 Å². The number of unbranched alkanes of at least 4 members (excludes halogenated alkanes) is 20. The molecule has 1 aliphatic rings. The smallest absolute Gasteiger partial charge is 0.410 e. The summed E-state index contributed by atoms with van der Waals surface area (Å²) in [6.07, 6.45) is 25.4. The second-order valence-corrected chi connectivity index (χ2v) is 21.0. The summed E-state index contributed by atoms with van der Waals surface area (Å²) >= 11 is 0. The van der Waals surface area contributed by atoms with Crippen molar-refractivity contribution in [3.05, 3.63) is 24.5 Å². The Morgan fingerprint density at radius 2 is 0.805 bits per heavy atom. The van der Waals surface area contributed by atoms with Crippen LogP contribution >= 0.6 is 0 Å². The number of ether oxygens (including phenoxy) is 7. The summed E-state index contributed by atoms with van der Waals surface area (Å²) < 4.78 is 40.1. The van der Waals surface area contributed by atoms with Gasteiger partial charge in [-0.1, -0.05) is 156 Å². The lowest BCUT2D eigenvalue weighted by molar-refractivity contribution is -0.166. The number of esters is 6. The number of amides is 1. The molecule has 17 nitrogen and oxygen atoms in total. The number of pyridine rings is 1. The first kappa shape index (κ1) is 68.1. The van der Waals surface area contributed by atoms with E-state index in [1.165, 1.54) is 4.90 Å². The van der Waals surface area contributed by atoms with E-state index < -0.39 is 66.0 Å². The molecular weight excluding hydrogens is 987 g/mol. The van der Waals surface area contributed by atoms with Gasteiger partial charge in [-0.3, -0.25) is 33.8 Å². The molecule has 17 heteroatoms. The maximum atomic E-state index is 13.8. The Hall–Kier alpha value is -4.96. The number of aromatic nitrogens is 1. The van der Waals surface area contributed by atoms with Crippen LogP contribution in [-0.2, 0) is 61.9 Å². The summed E-state index contributed by atoms with van der Waals surface area (Å²) in [5, 5.41) is 0. The van der Waals surface area contributed by atoms with Crippen molar-refractivity contribution >= 4 is 47.6 Å². The van der Waals surface area contributed by atoms with E-state index in [9.17, 15) is 33.6 Å². The molecule has 77 heavy (non-hydrogen) atoms. The molecule has 1 fully saturated rings. The first-order valence-electron chi connectivity index (χ1n) is 29.9. The summed E-state index contributed by atoms with van der Waals surface area (Å²) in [5.41, 5.74) is 0.880. The molecule has 0 radical (unpaired) electrons. The third-order valence-corrected chi connectivity index (χ3v) is 13.8. The van der Waals surface area contributed by atoms with Gasteiger partial charge >= 0.3 is 41.9 Å². The summed E-state index contributed by atoms with van der Waals surface area (Å²) in [4.78, 5) is 99.8. The van der Waals surface area contributed by atoms with E-state index in [1.54, 1.807) is 12.4 Å².